The molecule has 12 heteroatoms. The highest BCUT2D eigenvalue weighted by Gasteiger charge is 2.47. The molecular formula is C24H31F2N5O4S. The Morgan fingerprint density at radius 2 is 1.86 bits per heavy atom. The SMILES string of the molecule is Cc1cc(NC(=O)c2ccc(NS(=O)(=O)CCO)cc2N2CCC3(CC2)CC3)nn1C1CC(F)(F)C1. The zero-order valence-electron chi connectivity index (χ0n) is 20.1. The lowest BCUT2D eigenvalue weighted by Gasteiger charge is -2.35. The standard InChI is InChI=1S/C24H31F2N5O4S/c1-16-12-21(28-31(16)18-14-24(25,26)15-18)27-22(33)19-3-2-17(29-36(34,35)11-10-32)13-20(19)30-8-6-23(4-5-23)7-9-30/h2-3,12-13,18,29,32H,4-11,14-15H2,1H3,(H,27,28,33). The number of hydrogen-bond donors (Lipinski definition) is 3. The molecule has 0 unspecified atom stereocenters. The molecule has 3 N–H and O–H groups in total. The maximum absolute atomic E-state index is 13.3. The van der Waals surface area contributed by atoms with E-state index in [1.54, 1.807) is 25.1 Å². The first kappa shape index (κ1) is 24.9. The van der Waals surface area contributed by atoms with Gasteiger partial charge in [0.2, 0.25) is 10.0 Å². The molecule has 2 heterocycles. The van der Waals surface area contributed by atoms with Crippen LogP contribution >= 0.6 is 0 Å². The number of sulfonamides is 1. The topological polar surface area (TPSA) is 117 Å². The molecule has 1 aliphatic heterocycles. The Morgan fingerprint density at radius 1 is 1.17 bits per heavy atom. The van der Waals surface area contributed by atoms with E-state index in [-0.39, 0.29) is 18.7 Å². The molecule has 5 rings (SSSR count). The Balaban J connectivity index is 1.38. The molecule has 1 spiro atoms. The normalized spacial score (nSPS) is 20.7. The zero-order valence-corrected chi connectivity index (χ0v) is 21.0. The van der Waals surface area contributed by atoms with Gasteiger partial charge in [-0.3, -0.25) is 14.2 Å². The van der Waals surface area contributed by atoms with E-state index in [1.165, 1.54) is 23.6 Å². The molecule has 2 aliphatic carbocycles. The number of anilines is 3. The number of carbonyl (C=O) groups excluding carboxylic acids is 1. The number of amides is 1. The van der Waals surface area contributed by atoms with Gasteiger partial charge in [-0.2, -0.15) is 5.10 Å². The molecule has 3 aliphatic rings. The quantitative estimate of drug-likeness (QED) is 0.488. The minimum atomic E-state index is -3.72. The summed E-state index contributed by atoms with van der Waals surface area (Å²) in [5, 5.41) is 16.1. The van der Waals surface area contributed by atoms with E-state index in [2.05, 4.69) is 20.0 Å². The maximum atomic E-state index is 13.3. The van der Waals surface area contributed by atoms with Crippen molar-refractivity contribution < 1.29 is 27.1 Å². The van der Waals surface area contributed by atoms with E-state index in [1.807, 2.05) is 0 Å². The van der Waals surface area contributed by atoms with Crippen LogP contribution in [0.1, 0.15) is 60.6 Å². The van der Waals surface area contributed by atoms with E-state index in [4.69, 9.17) is 5.11 Å². The van der Waals surface area contributed by atoms with Gasteiger partial charge < -0.3 is 15.3 Å². The molecule has 1 amide bonds. The van der Waals surface area contributed by atoms with Crippen molar-refractivity contribution in [1.82, 2.24) is 9.78 Å². The van der Waals surface area contributed by atoms with Crippen molar-refractivity contribution >= 4 is 33.1 Å². The van der Waals surface area contributed by atoms with Gasteiger partial charge in [-0.05, 0) is 56.2 Å². The van der Waals surface area contributed by atoms with E-state index < -0.39 is 40.3 Å². The van der Waals surface area contributed by atoms with Crippen LogP contribution in [0.5, 0.6) is 0 Å². The van der Waals surface area contributed by atoms with Gasteiger partial charge in [-0.1, -0.05) is 0 Å². The Bertz CT molecular complexity index is 1260. The van der Waals surface area contributed by atoms with Crippen molar-refractivity contribution in [2.24, 2.45) is 5.41 Å². The van der Waals surface area contributed by atoms with Gasteiger partial charge in [0.25, 0.3) is 11.8 Å². The van der Waals surface area contributed by atoms with Crippen molar-refractivity contribution in [3.05, 3.63) is 35.5 Å². The monoisotopic (exact) mass is 523 g/mol. The Hall–Kier alpha value is -2.73. The summed E-state index contributed by atoms with van der Waals surface area (Å²) in [6.07, 6.45) is 3.96. The molecule has 1 saturated heterocycles. The van der Waals surface area contributed by atoms with Crippen molar-refractivity contribution in [2.45, 2.75) is 57.4 Å². The highest BCUT2D eigenvalue weighted by atomic mass is 32.2. The van der Waals surface area contributed by atoms with Crippen molar-refractivity contribution in [2.75, 3.05) is 40.4 Å². The Labute approximate surface area is 208 Å². The third kappa shape index (κ3) is 5.19. The number of hydrogen-bond acceptors (Lipinski definition) is 6. The number of benzene rings is 1. The van der Waals surface area contributed by atoms with E-state index in [9.17, 15) is 22.0 Å². The predicted octanol–water partition coefficient (Wildman–Crippen LogP) is 3.53. The van der Waals surface area contributed by atoms with Gasteiger partial charge >= 0.3 is 0 Å². The number of rotatable bonds is 8. The molecule has 3 fully saturated rings. The lowest BCUT2D eigenvalue weighted by Crippen LogP contribution is -2.37. The number of aryl methyl sites for hydroxylation is 1. The van der Waals surface area contributed by atoms with Crippen LogP contribution in [0, 0.1) is 12.3 Å². The fourth-order valence-corrected chi connectivity index (χ4v) is 6.03. The van der Waals surface area contributed by atoms with Crippen LogP contribution in [0.2, 0.25) is 0 Å². The van der Waals surface area contributed by atoms with Gasteiger partial charge in [-0.25, -0.2) is 17.2 Å². The van der Waals surface area contributed by atoms with E-state index in [0.717, 1.165) is 25.9 Å². The van der Waals surface area contributed by atoms with Crippen LogP contribution in [0.4, 0.5) is 26.0 Å². The number of aromatic nitrogens is 2. The number of aliphatic hydroxyl groups excluding tert-OH is 1. The summed E-state index contributed by atoms with van der Waals surface area (Å²) in [5.74, 6) is -3.23. The van der Waals surface area contributed by atoms with Gasteiger partial charge in [0.1, 0.15) is 0 Å². The number of halogens is 2. The lowest BCUT2D eigenvalue weighted by atomic mass is 9.88. The molecule has 9 nitrogen and oxygen atoms in total. The number of nitrogens with zero attached hydrogens (tertiary/aromatic N) is 3. The van der Waals surface area contributed by atoms with Crippen molar-refractivity contribution in [1.29, 1.82) is 0 Å². The number of carbonyl (C=O) groups is 1. The average Bonchev–Trinajstić information content (AvgIpc) is 3.44. The van der Waals surface area contributed by atoms with Gasteiger partial charge in [0.15, 0.2) is 5.82 Å². The highest BCUT2D eigenvalue weighted by Crippen LogP contribution is 2.54. The average molecular weight is 524 g/mol. The highest BCUT2D eigenvalue weighted by molar-refractivity contribution is 7.92. The summed E-state index contributed by atoms with van der Waals surface area (Å²) in [6.45, 7) is 2.79. The smallest absolute Gasteiger partial charge is 0.258 e. The van der Waals surface area contributed by atoms with Crippen LogP contribution in [0.15, 0.2) is 24.3 Å². The van der Waals surface area contributed by atoms with Crippen LogP contribution in [0.3, 0.4) is 0 Å². The van der Waals surface area contributed by atoms with E-state index in [0.29, 0.717) is 28.0 Å². The third-order valence-electron chi connectivity index (χ3n) is 7.58. The van der Waals surface area contributed by atoms with Gasteiger partial charge in [-0.15, -0.1) is 0 Å². The minimum absolute atomic E-state index is 0.267. The van der Waals surface area contributed by atoms with Gasteiger partial charge in [0.05, 0.1) is 35.3 Å². The molecule has 36 heavy (non-hydrogen) atoms. The Kier molecular flexibility index (Phi) is 6.22. The fourth-order valence-electron chi connectivity index (χ4n) is 5.20. The van der Waals surface area contributed by atoms with Gasteiger partial charge in [0, 0.05) is 37.7 Å². The van der Waals surface area contributed by atoms with Crippen LogP contribution in [0.25, 0.3) is 0 Å². The fraction of sp³-hybridized carbons (Fsp3) is 0.583. The summed E-state index contributed by atoms with van der Waals surface area (Å²) >= 11 is 0. The first-order valence-corrected chi connectivity index (χ1v) is 13.9. The minimum Gasteiger partial charge on any atom is -0.395 e. The number of nitrogens with one attached hydrogen (secondary N) is 2. The lowest BCUT2D eigenvalue weighted by molar-refractivity contribution is -0.107. The molecule has 2 saturated carbocycles. The second-order valence-electron chi connectivity index (χ2n) is 10.4. The van der Waals surface area contributed by atoms with E-state index >= 15 is 0 Å². The summed E-state index contributed by atoms with van der Waals surface area (Å²) in [5.41, 5.74) is 2.40. The van der Waals surface area contributed by atoms with Crippen LogP contribution in [-0.2, 0) is 10.0 Å². The number of alkyl halides is 2. The molecular weight excluding hydrogens is 492 g/mol. The summed E-state index contributed by atoms with van der Waals surface area (Å²) in [4.78, 5) is 15.4. The number of piperidine rings is 1. The third-order valence-corrected chi connectivity index (χ3v) is 8.84. The second-order valence-corrected chi connectivity index (χ2v) is 12.2. The largest absolute Gasteiger partial charge is 0.395 e. The first-order chi connectivity index (χ1) is 17.0. The summed E-state index contributed by atoms with van der Waals surface area (Å²) < 4.78 is 55.0. The van der Waals surface area contributed by atoms with Crippen LogP contribution in [-0.4, -0.2) is 60.6 Å². The molecule has 0 bridgehead atoms. The molecule has 0 atom stereocenters. The Morgan fingerprint density at radius 3 is 2.47 bits per heavy atom. The molecule has 1 aromatic heterocycles. The number of aliphatic hydroxyl groups is 1. The predicted molar refractivity (Wildman–Crippen MR) is 132 cm³/mol. The zero-order chi connectivity index (χ0) is 25.7. The first-order valence-electron chi connectivity index (χ1n) is 12.2. The molecule has 196 valence electrons. The van der Waals surface area contributed by atoms with Crippen molar-refractivity contribution in [3.8, 4) is 0 Å². The summed E-state index contributed by atoms with van der Waals surface area (Å²) in [7, 11) is -3.72. The van der Waals surface area contributed by atoms with Crippen LogP contribution < -0.4 is 14.9 Å². The summed E-state index contributed by atoms with van der Waals surface area (Å²) in [6, 6.07) is 5.99. The molecule has 0 radical (unpaired) electrons. The second kappa shape index (κ2) is 8.98. The maximum Gasteiger partial charge on any atom is 0.258 e. The molecule has 1 aromatic carbocycles. The molecule has 2 aromatic rings. The van der Waals surface area contributed by atoms with Crippen molar-refractivity contribution in [3.63, 3.8) is 0 Å².